The van der Waals surface area contributed by atoms with Gasteiger partial charge >= 0.3 is 0 Å². The predicted molar refractivity (Wildman–Crippen MR) is 107 cm³/mol. The van der Waals surface area contributed by atoms with E-state index in [4.69, 9.17) is 0 Å². The summed E-state index contributed by atoms with van der Waals surface area (Å²) in [6.45, 7) is 0.246. The van der Waals surface area contributed by atoms with E-state index in [2.05, 4.69) is 14.8 Å². The van der Waals surface area contributed by atoms with Gasteiger partial charge in [-0.15, -0.1) is 16.4 Å². The minimum Gasteiger partial charge on any atom is -0.215 e. The number of nitrogens with one attached hydrogen (secondary N) is 1. The Bertz CT molecular complexity index is 1200. The van der Waals surface area contributed by atoms with E-state index in [-0.39, 0.29) is 18.1 Å². The summed E-state index contributed by atoms with van der Waals surface area (Å²) in [6.07, 6.45) is 0.452. The number of halogens is 1. The number of rotatable bonds is 7. The van der Waals surface area contributed by atoms with E-state index in [0.29, 0.717) is 22.8 Å². The van der Waals surface area contributed by atoms with Crippen LogP contribution in [0.3, 0.4) is 0 Å². The Morgan fingerprint density at radius 2 is 1.82 bits per heavy atom. The quantitative estimate of drug-likeness (QED) is 0.502. The van der Waals surface area contributed by atoms with E-state index >= 15 is 0 Å². The molecule has 9 heteroatoms. The fraction of sp³-hybridized carbons (Fsp3) is 0.158. The Morgan fingerprint density at radius 1 is 1.07 bits per heavy atom. The number of hydrogen-bond acceptors (Lipinski definition) is 5. The average molecular weight is 417 g/mol. The van der Waals surface area contributed by atoms with Crippen molar-refractivity contribution in [3.63, 3.8) is 0 Å². The minimum absolute atomic E-state index is 0.0619. The Morgan fingerprint density at radius 3 is 2.61 bits per heavy atom. The Hall–Kier alpha value is -2.62. The van der Waals surface area contributed by atoms with Gasteiger partial charge in [0, 0.05) is 18.3 Å². The normalized spacial score (nSPS) is 11.9. The monoisotopic (exact) mass is 416 g/mol. The molecule has 4 rings (SSSR count). The zero-order valence-corrected chi connectivity index (χ0v) is 16.4. The molecule has 0 spiro atoms. The molecule has 6 nitrogen and oxygen atoms in total. The van der Waals surface area contributed by atoms with Gasteiger partial charge in [0.1, 0.15) is 5.82 Å². The molecular weight excluding hydrogens is 399 g/mol. The van der Waals surface area contributed by atoms with E-state index in [1.807, 2.05) is 23.6 Å². The van der Waals surface area contributed by atoms with Gasteiger partial charge in [-0.1, -0.05) is 42.5 Å². The molecule has 4 aromatic rings. The Kier molecular flexibility index (Phi) is 5.21. The van der Waals surface area contributed by atoms with Crippen molar-refractivity contribution in [3.05, 3.63) is 77.1 Å². The van der Waals surface area contributed by atoms with Crippen molar-refractivity contribution in [2.45, 2.75) is 12.2 Å². The molecule has 0 saturated heterocycles. The molecular formula is C19H17FN4O2S2. The zero-order chi connectivity index (χ0) is 19.6. The molecule has 0 aliphatic carbocycles. The maximum Gasteiger partial charge on any atom is 0.215 e. The van der Waals surface area contributed by atoms with E-state index in [9.17, 15) is 12.8 Å². The van der Waals surface area contributed by atoms with Gasteiger partial charge in [-0.3, -0.25) is 0 Å². The van der Waals surface area contributed by atoms with Gasteiger partial charge in [0.25, 0.3) is 0 Å². The van der Waals surface area contributed by atoms with E-state index < -0.39 is 10.0 Å². The highest BCUT2D eigenvalue weighted by atomic mass is 32.2. The van der Waals surface area contributed by atoms with Crippen LogP contribution in [0.5, 0.6) is 0 Å². The second-order valence-corrected chi connectivity index (χ2v) is 8.87. The van der Waals surface area contributed by atoms with Crippen LogP contribution < -0.4 is 4.72 Å². The number of hydrogen-bond donors (Lipinski definition) is 1. The van der Waals surface area contributed by atoms with Gasteiger partial charge in [0.2, 0.25) is 15.0 Å². The fourth-order valence-electron chi connectivity index (χ4n) is 2.83. The van der Waals surface area contributed by atoms with Gasteiger partial charge in [0.05, 0.1) is 17.0 Å². The first-order valence-electron chi connectivity index (χ1n) is 8.61. The van der Waals surface area contributed by atoms with Crippen molar-refractivity contribution in [2.75, 3.05) is 6.54 Å². The molecule has 0 unspecified atom stereocenters. The topological polar surface area (TPSA) is 76.4 Å². The van der Waals surface area contributed by atoms with Gasteiger partial charge in [-0.2, -0.15) is 4.98 Å². The second kappa shape index (κ2) is 7.78. The number of sulfonamides is 1. The first kappa shape index (κ1) is 18.7. The summed E-state index contributed by atoms with van der Waals surface area (Å²) in [5.41, 5.74) is 1.89. The maximum atomic E-state index is 14.0. The average Bonchev–Trinajstić information content (AvgIpc) is 3.24. The SMILES string of the molecule is O=S(=O)(Cc1ccccc1)NCCc1csc2nc(-c3ccccc3F)nn12. The van der Waals surface area contributed by atoms with Crippen molar-refractivity contribution in [3.8, 4) is 11.4 Å². The number of benzene rings is 2. The van der Waals surface area contributed by atoms with Crippen molar-refractivity contribution in [1.29, 1.82) is 0 Å². The lowest BCUT2D eigenvalue weighted by molar-refractivity contribution is 0.580. The molecule has 28 heavy (non-hydrogen) atoms. The summed E-state index contributed by atoms with van der Waals surface area (Å²) in [5.74, 6) is -0.125. The van der Waals surface area contributed by atoms with Crippen LogP contribution in [-0.2, 0) is 22.2 Å². The molecule has 0 saturated carbocycles. The van der Waals surface area contributed by atoms with Crippen LogP contribution in [0.4, 0.5) is 4.39 Å². The summed E-state index contributed by atoms with van der Waals surface area (Å²) in [6, 6.07) is 15.4. The maximum absolute atomic E-state index is 14.0. The van der Waals surface area contributed by atoms with Crippen LogP contribution in [0.1, 0.15) is 11.3 Å². The van der Waals surface area contributed by atoms with Gasteiger partial charge < -0.3 is 0 Å². The lowest BCUT2D eigenvalue weighted by Crippen LogP contribution is -2.27. The molecule has 0 fully saturated rings. The first-order chi connectivity index (χ1) is 13.5. The van der Waals surface area contributed by atoms with Crippen molar-refractivity contribution >= 4 is 26.3 Å². The standard InChI is InChI=1S/C19H17FN4O2S2/c20-17-9-5-4-8-16(17)18-22-19-24(23-18)15(12-27-19)10-11-21-28(25,26)13-14-6-2-1-3-7-14/h1-9,12,21H,10-11,13H2. The second-order valence-electron chi connectivity index (χ2n) is 6.23. The largest absolute Gasteiger partial charge is 0.215 e. The molecule has 1 N–H and O–H groups in total. The first-order valence-corrected chi connectivity index (χ1v) is 11.1. The molecule has 0 bridgehead atoms. The summed E-state index contributed by atoms with van der Waals surface area (Å²) in [5, 5.41) is 6.27. The molecule has 0 aliphatic heterocycles. The molecule has 0 aliphatic rings. The van der Waals surface area contributed by atoms with Crippen molar-refractivity contribution < 1.29 is 12.8 Å². The smallest absolute Gasteiger partial charge is 0.215 e. The number of thiazole rings is 1. The van der Waals surface area contributed by atoms with E-state index in [1.165, 1.54) is 17.4 Å². The lowest BCUT2D eigenvalue weighted by atomic mass is 10.2. The third kappa shape index (κ3) is 4.11. The van der Waals surface area contributed by atoms with Crippen molar-refractivity contribution in [1.82, 2.24) is 19.3 Å². The highest BCUT2D eigenvalue weighted by Gasteiger charge is 2.15. The Labute approximate surface area is 165 Å². The molecule has 144 valence electrons. The number of nitrogens with zero attached hydrogens (tertiary/aromatic N) is 3. The molecule has 2 aromatic carbocycles. The van der Waals surface area contributed by atoms with Crippen molar-refractivity contribution in [2.24, 2.45) is 0 Å². The summed E-state index contributed by atoms with van der Waals surface area (Å²) >= 11 is 1.39. The predicted octanol–water partition coefficient (Wildman–Crippen LogP) is 3.26. The third-order valence-corrected chi connectivity index (χ3v) is 6.39. The van der Waals surface area contributed by atoms with Gasteiger partial charge in [-0.05, 0) is 17.7 Å². The number of fused-ring (bicyclic) bond motifs is 1. The molecule has 0 amide bonds. The van der Waals surface area contributed by atoms with Crippen LogP contribution in [0, 0.1) is 5.82 Å². The van der Waals surface area contributed by atoms with Crippen LogP contribution in [0.2, 0.25) is 0 Å². The highest BCUT2D eigenvalue weighted by Crippen LogP contribution is 2.23. The summed E-state index contributed by atoms with van der Waals surface area (Å²) in [4.78, 5) is 5.01. The third-order valence-electron chi connectivity index (χ3n) is 4.17. The van der Waals surface area contributed by atoms with Crippen LogP contribution in [-0.4, -0.2) is 29.6 Å². The highest BCUT2D eigenvalue weighted by molar-refractivity contribution is 7.88. The van der Waals surface area contributed by atoms with E-state index in [1.54, 1.807) is 34.8 Å². The fourth-order valence-corrected chi connectivity index (χ4v) is 4.84. The molecule has 2 heterocycles. The van der Waals surface area contributed by atoms with Gasteiger partial charge in [0.15, 0.2) is 5.82 Å². The zero-order valence-electron chi connectivity index (χ0n) is 14.7. The van der Waals surface area contributed by atoms with E-state index in [0.717, 1.165) is 11.3 Å². The Balaban J connectivity index is 1.45. The van der Waals surface area contributed by atoms with Crippen LogP contribution in [0.25, 0.3) is 16.3 Å². The lowest BCUT2D eigenvalue weighted by Gasteiger charge is -2.06. The minimum atomic E-state index is -3.43. The molecule has 2 aromatic heterocycles. The molecule has 0 atom stereocenters. The summed E-state index contributed by atoms with van der Waals surface area (Å²) in [7, 11) is -3.43. The van der Waals surface area contributed by atoms with Crippen LogP contribution >= 0.6 is 11.3 Å². The van der Waals surface area contributed by atoms with Crippen LogP contribution in [0.15, 0.2) is 60.0 Å². The molecule has 0 radical (unpaired) electrons. The summed E-state index contributed by atoms with van der Waals surface area (Å²) < 4.78 is 42.7. The number of aromatic nitrogens is 3. The van der Waals surface area contributed by atoms with Gasteiger partial charge in [-0.25, -0.2) is 22.0 Å².